The average molecular weight is 249 g/mol. The van der Waals surface area contributed by atoms with Crippen LogP contribution in [0, 0.1) is 0 Å². The van der Waals surface area contributed by atoms with E-state index in [4.69, 9.17) is 0 Å². The Labute approximate surface area is 104 Å². The number of benzene rings is 1. The normalized spacial score (nSPS) is 15.2. The van der Waals surface area contributed by atoms with Crippen molar-refractivity contribution in [1.29, 1.82) is 0 Å². The van der Waals surface area contributed by atoms with Crippen molar-refractivity contribution < 1.29 is 13.9 Å². The van der Waals surface area contributed by atoms with Crippen molar-refractivity contribution in [2.75, 3.05) is 6.54 Å². The third kappa shape index (κ3) is 2.59. The van der Waals surface area contributed by atoms with Crippen LogP contribution in [0.2, 0.25) is 0 Å². The van der Waals surface area contributed by atoms with Gasteiger partial charge in [-0.2, -0.15) is 0 Å². The summed E-state index contributed by atoms with van der Waals surface area (Å²) >= 11 is 0. The van der Waals surface area contributed by atoms with Gasteiger partial charge in [-0.1, -0.05) is 12.7 Å². The lowest BCUT2D eigenvalue weighted by atomic mass is 10.1. The monoisotopic (exact) mass is 249 g/mol. The molecule has 4 heteroatoms. The lowest BCUT2D eigenvalue weighted by molar-refractivity contribution is 0.123. The number of nitrogens with zero attached hydrogens (tertiary/aromatic N) is 1. The third-order valence-corrected chi connectivity index (χ3v) is 2.66. The van der Waals surface area contributed by atoms with Gasteiger partial charge in [0.15, 0.2) is 0 Å². The maximum atomic E-state index is 12.6. The number of allylic oxidation sites excluding steroid dienone is 3. The zero-order chi connectivity index (χ0) is 13.1. The van der Waals surface area contributed by atoms with Crippen LogP contribution >= 0.6 is 0 Å². The number of hydrogen-bond acceptors (Lipinski definition) is 2. The van der Waals surface area contributed by atoms with Gasteiger partial charge in [0.25, 0.3) is 6.43 Å². The molecule has 0 unspecified atom stereocenters. The molecule has 0 aliphatic carbocycles. The fourth-order valence-electron chi connectivity index (χ4n) is 1.82. The Balaban J connectivity index is 2.33. The SMILES string of the molecule is C=C1C=CC=C(c2ccc(O)cc2)N1CC(F)F. The van der Waals surface area contributed by atoms with E-state index in [1.54, 1.807) is 30.4 Å². The van der Waals surface area contributed by atoms with Crippen LogP contribution in [-0.4, -0.2) is 23.0 Å². The van der Waals surface area contributed by atoms with Gasteiger partial charge in [-0.25, -0.2) is 8.78 Å². The van der Waals surface area contributed by atoms with Crippen LogP contribution in [0.25, 0.3) is 5.70 Å². The van der Waals surface area contributed by atoms with Gasteiger partial charge in [-0.15, -0.1) is 0 Å². The van der Waals surface area contributed by atoms with E-state index in [9.17, 15) is 13.9 Å². The van der Waals surface area contributed by atoms with Crippen LogP contribution in [0.15, 0.2) is 54.8 Å². The van der Waals surface area contributed by atoms with E-state index in [0.717, 1.165) is 5.56 Å². The van der Waals surface area contributed by atoms with Crippen LogP contribution < -0.4 is 0 Å². The number of phenols is 1. The molecule has 2 nitrogen and oxygen atoms in total. The smallest absolute Gasteiger partial charge is 0.256 e. The number of alkyl halides is 2. The maximum absolute atomic E-state index is 12.6. The molecule has 0 spiro atoms. The maximum Gasteiger partial charge on any atom is 0.256 e. The molecular formula is C14H13F2NO. The summed E-state index contributed by atoms with van der Waals surface area (Å²) in [5.41, 5.74) is 1.95. The molecule has 1 heterocycles. The van der Waals surface area contributed by atoms with Crippen LogP contribution in [-0.2, 0) is 0 Å². The number of phenolic OH excluding ortho intramolecular Hbond substituents is 1. The first-order valence-corrected chi connectivity index (χ1v) is 5.50. The summed E-state index contributed by atoms with van der Waals surface area (Å²) in [6.07, 6.45) is 2.77. The van der Waals surface area contributed by atoms with Gasteiger partial charge < -0.3 is 10.0 Å². The minimum Gasteiger partial charge on any atom is -0.508 e. The van der Waals surface area contributed by atoms with Crippen molar-refractivity contribution in [3.63, 3.8) is 0 Å². The molecule has 1 aromatic carbocycles. The highest BCUT2D eigenvalue weighted by Crippen LogP contribution is 2.28. The van der Waals surface area contributed by atoms with Crippen molar-refractivity contribution in [1.82, 2.24) is 4.90 Å². The number of aromatic hydroxyl groups is 1. The Hall–Kier alpha value is -2.10. The Kier molecular flexibility index (Phi) is 3.46. The van der Waals surface area contributed by atoms with E-state index in [0.29, 0.717) is 11.4 Å². The van der Waals surface area contributed by atoms with Crippen molar-refractivity contribution in [2.24, 2.45) is 0 Å². The fraction of sp³-hybridized carbons (Fsp3) is 0.143. The molecule has 0 amide bonds. The predicted octanol–water partition coefficient (Wildman–Crippen LogP) is 3.38. The zero-order valence-electron chi connectivity index (χ0n) is 9.68. The molecule has 0 bridgehead atoms. The quantitative estimate of drug-likeness (QED) is 0.887. The molecule has 1 N–H and O–H groups in total. The van der Waals surface area contributed by atoms with Crippen LogP contribution in [0.3, 0.4) is 0 Å². The average Bonchev–Trinajstić information content (AvgIpc) is 2.32. The second kappa shape index (κ2) is 5.04. The van der Waals surface area contributed by atoms with Gasteiger partial charge >= 0.3 is 0 Å². The van der Waals surface area contributed by atoms with Gasteiger partial charge in [0.05, 0.1) is 6.54 Å². The van der Waals surface area contributed by atoms with Gasteiger partial charge in [0.2, 0.25) is 0 Å². The van der Waals surface area contributed by atoms with Crippen LogP contribution in [0.1, 0.15) is 5.56 Å². The van der Waals surface area contributed by atoms with E-state index in [1.165, 1.54) is 17.0 Å². The standard InChI is InChI=1S/C14H13F2NO/c1-10-3-2-4-13(17(10)9-14(15)16)11-5-7-12(18)8-6-11/h2-8,14,18H,1,9H2. The first kappa shape index (κ1) is 12.4. The highest BCUT2D eigenvalue weighted by atomic mass is 19.3. The number of hydrogen-bond donors (Lipinski definition) is 1. The van der Waals surface area contributed by atoms with Crippen molar-refractivity contribution in [3.8, 4) is 5.75 Å². The van der Waals surface area contributed by atoms with E-state index in [2.05, 4.69) is 6.58 Å². The molecule has 0 atom stereocenters. The molecule has 2 rings (SSSR count). The van der Waals surface area contributed by atoms with E-state index in [-0.39, 0.29) is 5.75 Å². The second-order valence-electron chi connectivity index (χ2n) is 3.95. The summed E-state index contributed by atoms with van der Waals surface area (Å²) in [6, 6.07) is 6.42. The third-order valence-electron chi connectivity index (χ3n) is 2.66. The molecule has 94 valence electrons. The van der Waals surface area contributed by atoms with Crippen LogP contribution in [0.5, 0.6) is 5.75 Å². The molecular weight excluding hydrogens is 236 g/mol. The van der Waals surface area contributed by atoms with Gasteiger partial charge in [0.1, 0.15) is 5.75 Å². The Morgan fingerprint density at radius 1 is 1.22 bits per heavy atom. The van der Waals surface area contributed by atoms with Gasteiger partial charge in [-0.3, -0.25) is 0 Å². The molecule has 0 aromatic heterocycles. The summed E-state index contributed by atoms with van der Waals surface area (Å²) in [7, 11) is 0. The Bertz CT molecular complexity index is 503. The minimum atomic E-state index is -2.44. The summed E-state index contributed by atoms with van der Waals surface area (Å²) in [5, 5.41) is 9.23. The fourth-order valence-corrected chi connectivity index (χ4v) is 1.82. The van der Waals surface area contributed by atoms with Crippen molar-refractivity contribution in [3.05, 3.63) is 60.3 Å². The molecule has 0 fully saturated rings. The first-order chi connectivity index (χ1) is 8.58. The minimum absolute atomic E-state index is 0.143. The highest BCUT2D eigenvalue weighted by Gasteiger charge is 2.19. The molecule has 1 aliphatic heterocycles. The molecule has 1 aliphatic rings. The van der Waals surface area contributed by atoms with Crippen molar-refractivity contribution in [2.45, 2.75) is 6.43 Å². The topological polar surface area (TPSA) is 23.5 Å². The van der Waals surface area contributed by atoms with E-state index < -0.39 is 13.0 Å². The van der Waals surface area contributed by atoms with Gasteiger partial charge in [-0.05, 0) is 42.0 Å². The largest absolute Gasteiger partial charge is 0.508 e. The summed E-state index contributed by atoms with van der Waals surface area (Å²) in [5.74, 6) is 0.143. The summed E-state index contributed by atoms with van der Waals surface area (Å²) < 4.78 is 25.1. The summed E-state index contributed by atoms with van der Waals surface area (Å²) in [4.78, 5) is 1.47. The molecule has 0 radical (unpaired) electrons. The lowest BCUT2D eigenvalue weighted by Gasteiger charge is -2.29. The first-order valence-electron chi connectivity index (χ1n) is 5.50. The predicted molar refractivity (Wildman–Crippen MR) is 67.1 cm³/mol. The Morgan fingerprint density at radius 3 is 2.50 bits per heavy atom. The number of rotatable bonds is 3. The van der Waals surface area contributed by atoms with E-state index >= 15 is 0 Å². The molecule has 0 saturated carbocycles. The summed E-state index contributed by atoms with van der Waals surface area (Å²) in [6.45, 7) is 3.36. The number of halogens is 2. The highest BCUT2D eigenvalue weighted by molar-refractivity contribution is 5.69. The van der Waals surface area contributed by atoms with Crippen molar-refractivity contribution >= 4 is 5.70 Å². The molecule has 1 aromatic rings. The lowest BCUT2D eigenvalue weighted by Crippen LogP contribution is -2.27. The van der Waals surface area contributed by atoms with E-state index in [1.807, 2.05) is 0 Å². The zero-order valence-corrected chi connectivity index (χ0v) is 9.68. The van der Waals surface area contributed by atoms with Crippen LogP contribution in [0.4, 0.5) is 8.78 Å². The molecule has 18 heavy (non-hydrogen) atoms. The second-order valence-corrected chi connectivity index (χ2v) is 3.95. The Morgan fingerprint density at radius 2 is 1.89 bits per heavy atom. The molecule has 0 saturated heterocycles. The van der Waals surface area contributed by atoms with Gasteiger partial charge in [0, 0.05) is 11.4 Å².